The molecule has 10 aromatic rings. The fourth-order valence-electron chi connectivity index (χ4n) is 15.9. The number of pyridine rings is 1. The first-order valence-corrected chi connectivity index (χ1v) is 43.4. The number of Topliss-reactive ketones (excluding diaryl/α,β-unsaturated/α-hetero) is 1. The van der Waals surface area contributed by atoms with Gasteiger partial charge < -0.3 is 49.4 Å². The number of piperazine rings is 4. The van der Waals surface area contributed by atoms with Gasteiger partial charge in [-0.05, 0) is 148 Å². The molecule has 2 aromatic heterocycles. The van der Waals surface area contributed by atoms with Gasteiger partial charge in [-0.15, -0.1) is 0 Å². The molecule has 3 N–H and O–H groups in total. The van der Waals surface area contributed by atoms with Crippen molar-refractivity contribution >= 4 is 56.7 Å². The second kappa shape index (κ2) is 45.3. The average Bonchev–Trinajstić information content (AvgIpc) is 1.46. The van der Waals surface area contributed by atoms with E-state index in [2.05, 4.69) is 311 Å². The highest BCUT2D eigenvalue weighted by molar-refractivity contribution is 9.09. The SMILES string of the molecule is BrC(c1ccccc1)c1ccccc1.CC#N.COc1nc2[nH]cc(C(=O)C(=O)N(C)C)c2cc1C(=O)N1C[C@H](C)N(C(c2ccccc2)c2ccccc2)C[C@H]1C.C[C@@H]1CN(C(c2ccccc2)c2ccccc2)[C@@H](C)CN1.C[C@@H]1CN(C(c2ccccc2)c2ccccc2)[C@@H](C)CN1C(=O)OC(C)(C)C.C[C@@H]1CN[C@@H](C)CN1C(=O)OC(C)(C)C. The lowest BCUT2D eigenvalue weighted by Crippen LogP contribution is -2.59. The summed E-state index contributed by atoms with van der Waals surface area (Å²) >= 11 is 3.69. The van der Waals surface area contributed by atoms with Gasteiger partial charge in [0, 0.05) is 133 Å². The lowest BCUT2D eigenvalue weighted by Gasteiger charge is -2.47. The number of aromatic amines is 1. The number of methoxy groups -OCH3 is 1. The molecule has 20 nitrogen and oxygen atoms in total. The van der Waals surface area contributed by atoms with Crippen molar-refractivity contribution < 1.29 is 38.2 Å². The van der Waals surface area contributed by atoms with E-state index in [1.165, 1.54) is 83.7 Å². The lowest BCUT2D eigenvalue weighted by atomic mass is 9.93. The van der Waals surface area contributed by atoms with E-state index in [-0.39, 0.29) is 77.4 Å². The molecule has 0 spiro atoms. The zero-order valence-corrected chi connectivity index (χ0v) is 76.1. The molecule has 4 saturated heterocycles. The topological polar surface area (TPSA) is 212 Å². The number of nitrogens with zero attached hydrogens (tertiary/aromatic N) is 9. The van der Waals surface area contributed by atoms with Crippen LogP contribution in [0.2, 0.25) is 0 Å². The minimum Gasteiger partial charge on any atom is -0.480 e. The Bertz CT molecular complexity index is 4770. The Morgan fingerprint density at radius 1 is 0.443 bits per heavy atom. The first kappa shape index (κ1) is 95.0. The van der Waals surface area contributed by atoms with Crippen LogP contribution in [0.25, 0.3) is 11.0 Å². The fourth-order valence-corrected chi connectivity index (χ4v) is 16.5. The van der Waals surface area contributed by atoms with Crippen molar-refractivity contribution in [3.05, 3.63) is 311 Å². The standard InChI is InChI=1S/C32H35N5O4.C24H32N2O2.C19H24N2.C13H11Br.C11H22N2O2.C2H3N/c1-20-19-37(21(2)18-36(20)27(22-12-8-6-9-13-22)23-14-10-7-11-15-23)31(39)25-16-24-26(28(38)32(40)35(3)4)17-33-29(24)34-30(25)41-5;1-18-17-26(23(27)28-24(3,4)5)19(2)16-25(18)22(20-12-8-6-9-13-20)21-14-10-7-11-15-21;1-15-14-21(16(2)13-20-15)19(17-9-5-3-6-10-17)18-11-7-4-8-12-18;14-13(11-7-3-1-4-8-11)12-9-5-2-6-10-12;1-8-7-13(9(2)6-12-8)10(14)15-11(3,4)5;1-2-3/h6-17,20-21,27H,18-19H2,1-5H3,(H,33,34);6-15,18-19,22H,16-17H2,1-5H3;3-12,15-16,19-20H,13-14H2,1-2H3;1-10,13H;8-9,12H,6-7H2,1-5H3;1H3/t20-,21+;18-,19+;15-,16+;;8-,9+;/m001.0./s1. The second-order valence-corrected chi connectivity index (χ2v) is 35.2. The third-order valence-corrected chi connectivity index (χ3v) is 23.0. The maximum Gasteiger partial charge on any atom is 0.410 e. The average molecular weight is 1720 g/mol. The molecule has 0 unspecified atom stereocenters. The van der Waals surface area contributed by atoms with Gasteiger partial charge in [0.2, 0.25) is 5.88 Å². The Morgan fingerprint density at radius 2 is 0.754 bits per heavy atom. The Labute approximate surface area is 733 Å². The zero-order valence-electron chi connectivity index (χ0n) is 74.5. The number of carbonyl (C=O) groups excluding carboxylic acids is 5. The van der Waals surface area contributed by atoms with E-state index in [4.69, 9.17) is 19.5 Å². The summed E-state index contributed by atoms with van der Waals surface area (Å²) in [6.07, 6.45) is 1.03. The van der Waals surface area contributed by atoms with E-state index >= 15 is 0 Å². The van der Waals surface area contributed by atoms with E-state index in [1.54, 1.807) is 17.0 Å². The summed E-state index contributed by atoms with van der Waals surface area (Å²) in [6.45, 7) is 36.3. The van der Waals surface area contributed by atoms with Crippen LogP contribution >= 0.6 is 15.9 Å². The number of hydrogen-bond acceptors (Lipinski definition) is 15. The molecule has 8 aromatic carbocycles. The van der Waals surface area contributed by atoms with Crippen LogP contribution in [0.1, 0.15) is 192 Å². The molecular weight excluding hydrogens is 1590 g/mol. The predicted molar refractivity (Wildman–Crippen MR) is 494 cm³/mol. The molecule has 0 saturated carbocycles. The van der Waals surface area contributed by atoms with Crippen molar-refractivity contribution in [2.45, 2.75) is 186 Å². The number of ether oxygens (including phenoxy) is 3. The van der Waals surface area contributed by atoms with Gasteiger partial charge in [-0.2, -0.15) is 10.2 Å². The number of fused-ring (bicyclic) bond motifs is 1. The maximum atomic E-state index is 14.1. The predicted octanol–water partition coefficient (Wildman–Crippen LogP) is 19.0. The highest BCUT2D eigenvalue weighted by Crippen LogP contribution is 2.38. The number of carbonyl (C=O) groups is 5. The summed E-state index contributed by atoms with van der Waals surface area (Å²) in [5.74, 6) is -1.39. The fraction of sp³-hybridized carbons (Fsp3) is 0.396. The Hall–Kier alpha value is -10.8. The smallest absolute Gasteiger partial charge is 0.410 e. The van der Waals surface area contributed by atoms with Crippen LogP contribution in [0, 0.1) is 11.3 Å². The first-order valence-electron chi connectivity index (χ1n) is 42.5. The number of benzene rings is 8. The summed E-state index contributed by atoms with van der Waals surface area (Å²) in [7, 11) is 4.51. The molecule has 8 atom stereocenters. The van der Waals surface area contributed by atoms with Gasteiger partial charge in [0.05, 0.1) is 41.7 Å². The summed E-state index contributed by atoms with van der Waals surface area (Å²) in [6, 6.07) is 90.4. The number of ketones is 1. The van der Waals surface area contributed by atoms with E-state index in [1.807, 2.05) is 89.5 Å². The molecule has 0 bridgehead atoms. The van der Waals surface area contributed by atoms with Gasteiger partial charge in [0.15, 0.2) is 0 Å². The largest absolute Gasteiger partial charge is 0.480 e. The van der Waals surface area contributed by atoms with Crippen LogP contribution in [0.5, 0.6) is 5.88 Å². The second-order valence-electron chi connectivity index (χ2n) is 34.3. The van der Waals surface area contributed by atoms with Gasteiger partial charge in [-0.3, -0.25) is 29.1 Å². The summed E-state index contributed by atoms with van der Waals surface area (Å²) in [5, 5.41) is 14.6. The van der Waals surface area contributed by atoms with Crippen LogP contribution in [0.15, 0.2) is 255 Å². The molecule has 122 heavy (non-hydrogen) atoms. The minimum absolute atomic E-state index is 0.0438. The number of halogens is 1. The van der Waals surface area contributed by atoms with E-state index in [0.717, 1.165) is 32.7 Å². The molecule has 0 radical (unpaired) electrons. The third-order valence-electron chi connectivity index (χ3n) is 21.9. The van der Waals surface area contributed by atoms with Crippen molar-refractivity contribution in [1.82, 2.24) is 54.9 Å². The maximum absolute atomic E-state index is 14.1. The molecule has 0 aliphatic carbocycles. The Kier molecular flexibility index (Phi) is 35.3. The highest BCUT2D eigenvalue weighted by atomic mass is 79.9. The normalized spacial score (nSPS) is 19.4. The molecule has 646 valence electrons. The number of rotatable bonds is 15. The van der Waals surface area contributed by atoms with Gasteiger partial charge >= 0.3 is 12.2 Å². The molecule has 4 aliphatic rings. The van der Waals surface area contributed by atoms with Crippen LogP contribution in [0.3, 0.4) is 0 Å². The molecule has 6 heterocycles. The van der Waals surface area contributed by atoms with Crippen LogP contribution < -0.4 is 15.4 Å². The van der Waals surface area contributed by atoms with Crippen LogP contribution in [0.4, 0.5) is 9.59 Å². The third kappa shape index (κ3) is 26.4. The number of nitriles is 1. The van der Waals surface area contributed by atoms with Gasteiger partial charge in [-0.25, -0.2) is 9.59 Å². The molecule has 4 fully saturated rings. The minimum atomic E-state index is -0.671. The number of amides is 4. The van der Waals surface area contributed by atoms with Crippen LogP contribution in [-0.4, -0.2) is 207 Å². The monoisotopic (exact) mass is 1710 g/mol. The molecular formula is C101H127BrN12O8. The van der Waals surface area contributed by atoms with Crippen molar-refractivity contribution in [2.75, 3.05) is 73.6 Å². The molecule has 4 amide bonds. The molecule has 21 heteroatoms. The van der Waals surface area contributed by atoms with Crippen molar-refractivity contribution in [1.29, 1.82) is 5.26 Å². The van der Waals surface area contributed by atoms with E-state index < -0.39 is 22.9 Å². The Balaban J connectivity index is 0.000000182. The molecule has 14 rings (SSSR count). The van der Waals surface area contributed by atoms with Crippen molar-refractivity contribution in [3.8, 4) is 11.9 Å². The number of aromatic nitrogens is 2. The van der Waals surface area contributed by atoms with E-state index in [9.17, 15) is 24.0 Å². The Morgan fingerprint density at radius 3 is 1.10 bits per heavy atom. The summed E-state index contributed by atoms with van der Waals surface area (Å²) in [5.41, 5.74) is 10.2. The van der Waals surface area contributed by atoms with Gasteiger partial charge in [0.1, 0.15) is 22.4 Å². The quantitative estimate of drug-likeness (QED) is 0.0495. The summed E-state index contributed by atoms with van der Waals surface area (Å²) < 4.78 is 16.5. The van der Waals surface area contributed by atoms with Gasteiger partial charge in [0.25, 0.3) is 17.6 Å². The van der Waals surface area contributed by atoms with Crippen LogP contribution in [-0.2, 0) is 14.3 Å². The number of likely N-dealkylation sites (N-methyl/N-ethyl adjacent to an activating group) is 1. The number of hydrogen-bond donors (Lipinski definition) is 3. The molecule has 4 aliphatic heterocycles. The van der Waals surface area contributed by atoms with Gasteiger partial charge in [-0.1, -0.05) is 259 Å². The van der Waals surface area contributed by atoms with Crippen molar-refractivity contribution in [3.63, 3.8) is 0 Å². The van der Waals surface area contributed by atoms with E-state index in [0.29, 0.717) is 59.7 Å². The highest BCUT2D eigenvalue weighted by Gasteiger charge is 2.41. The lowest BCUT2D eigenvalue weighted by molar-refractivity contribution is -0.124. The van der Waals surface area contributed by atoms with Crippen molar-refractivity contribution in [2.24, 2.45) is 0 Å². The number of H-pyrrole nitrogens is 1. The number of alkyl halides is 1. The zero-order chi connectivity index (χ0) is 88.4. The first-order chi connectivity index (χ1) is 58.3. The summed E-state index contributed by atoms with van der Waals surface area (Å²) in [4.78, 5) is 85.9. The number of nitrogens with one attached hydrogen (secondary N) is 3.